The van der Waals surface area contributed by atoms with Crippen LogP contribution in [0.15, 0.2) is 18.2 Å². The molecule has 2 nitrogen and oxygen atoms in total. The van der Waals surface area contributed by atoms with Crippen LogP contribution in [-0.4, -0.2) is 12.6 Å². The smallest absolute Gasteiger partial charge is 0.141 e. The van der Waals surface area contributed by atoms with E-state index in [4.69, 9.17) is 22.1 Å². The molecule has 0 aliphatic heterocycles. The first-order valence-electron chi connectivity index (χ1n) is 5.75. The summed E-state index contributed by atoms with van der Waals surface area (Å²) in [6.07, 6.45) is 4.59. The third-order valence-corrected chi connectivity index (χ3v) is 4.48. The largest absolute Gasteiger partial charge is 0.495 e. The number of hydrogen-bond acceptors (Lipinski definition) is 2. The van der Waals surface area contributed by atoms with Gasteiger partial charge in [-0.25, -0.2) is 0 Å². The van der Waals surface area contributed by atoms with Crippen LogP contribution in [0.4, 0.5) is 0 Å². The highest BCUT2D eigenvalue weighted by Crippen LogP contribution is 2.65. The van der Waals surface area contributed by atoms with Crippen LogP contribution in [-0.2, 0) is 5.41 Å². The van der Waals surface area contributed by atoms with Crippen molar-refractivity contribution in [2.24, 2.45) is 5.73 Å². The van der Waals surface area contributed by atoms with Gasteiger partial charge >= 0.3 is 0 Å². The summed E-state index contributed by atoms with van der Waals surface area (Å²) in [5.41, 5.74) is 7.75. The number of methoxy groups -OCH3 is 1. The van der Waals surface area contributed by atoms with Gasteiger partial charge in [-0.1, -0.05) is 23.7 Å². The molecule has 86 valence electrons. The topological polar surface area (TPSA) is 35.2 Å². The van der Waals surface area contributed by atoms with Gasteiger partial charge in [0, 0.05) is 16.5 Å². The molecule has 1 aromatic rings. The van der Waals surface area contributed by atoms with Crippen LogP contribution in [0.1, 0.15) is 31.2 Å². The summed E-state index contributed by atoms with van der Waals surface area (Å²) in [7, 11) is 1.68. The van der Waals surface area contributed by atoms with Crippen LogP contribution >= 0.6 is 11.6 Å². The van der Waals surface area contributed by atoms with Gasteiger partial charge in [-0.15, -0.1) is 0 Å². The van der Waals surface area contributed by atoms with Gasteiger partial charge in [0.05, 0.1) is 12.1 Å². The lowest BCUT2D eigenvalue weighted by Crippen LogP contribution is -2.37. The molecule has 3 rings (SSSR count). The maximum atomic E-state index is 6.39. The highest BCUT2D eigenvalue weighted by molar-refractivity contribution is 6.32. The zero-order valence-corrected chi connectivity index (χ0v) is 10.2. The Hall–Kier alpha value is -0.730. The number of halogens is 1. The van der Waals surface area contributed by atoms with Crippen LogP contribution in [0, 0.1) is 0 Å². The highest BCUT2D eigenvalue weighted by Gasteiger charge is 2.65. The quantitative estimate of drug-likeness (QED) is 0.878. The van der Waals surface area contributed by atoms with E-state index < -0.39 is 0 Å². The third kappa shape index (κ3) is 1.23. The van der Waals surface area contributed by atoms with E-state index in [1.807, 2.05) is 12.1 Å². The molecular weight excluding hydrogens is 222 g/mol. The van der Waals surface area contributed by atoms with Gasteiger partial charge in [-0.3, -0.25) is 0 Å². The lowest BCUT2D eigenvalue weighted by molar-refractivity contribution is 0.393. The monoisotopic (exact) mass is 237 g/mol. The summed E-state index contributed by atoms with van der Waals surface area (Å²) < 4.78 is 5.44. The van der Waals surface area contributed by atoms with E-state index in [1.54, 1.807) is 7.11 Å². The summed E-state index contributed by atoms with van der Waals surface area (Å²) in [6, 6.07) is 5.98. The molecule has 3 heteroatoms. The molecule has 2 aliphatic carbocycles. The molecule has 2 aliphatic rings. The lowest BCUT2D eigenvalue weighted by atomic mass is 9.85. The Morgan fingerprint density at radius 3 is 2.44 bits per heavy atom. The van der Waals surface area contributed by atoms with Crippen LogP contribution in [0.5, 0.6) is 5.75 Å². The Morgan fingerprint density at radius 1 is 1.25 bits per heavy atom. The van der Waals surface area contributed by atoms with Crippen LogP contribution in [0.25, 0.3) is 0 Å². The Bertz CT molecular complexity index is 436. The summed E-state index contributed by atoms with van der Waals surface area (Å²) >= 11 is 6.17. The van der Waals surface area contributed by atoms with E-state index in [0.29, 0.717) is 5.02 Å². The van der Waals surface area contributed by atoms with Crippen LogP contribution in [0.3, 0.4) is 0 Å². The second-order valence-electron chi connectivity index (χ2n) is 5.06. The molecule has 0 atom stereocenters. The van der Waals surface area contributed by atoms with Gasteiger partial charge in [-0.05, 0) is 31.7 Å². The Labute approximate surface area is 101 Å². The zero-order chi connectivity index (χ0) is 11.4. The third-order valence-electron chi connectivity index (χ3n) is 4.18. The Kier molecular flexibility index (Phi) is 2.05. The molecule has 0 amide bonds. The number of hydrogen-bond donors (Lipinski definition) is 1. The number of rotatable bonds is 3. The molecular formula is C13H16ClNO. The first-order valence-corrected chi connectivity index (χ1v) is 6.13. The molecule has 2 fully saturated rings. The van der Waals surface area contributed by atoms with Gasteiger partial charge in [0.2, 0.25) is 0 Å². The maximum absolute atomic E-state index is 6.39. The van der Waals surface area contributed by atoms with Gasteiger partial charge in [0.15, 0.2) is 0 Å². The summed E-state index contributed by atoms with van der Waals surface area (Å²) in [5, 5.41) is 0.690. The zero-order valence-electron chi connectivity index (χ0n) is 9.42. The van der Waals surface area contributed by atoms with Crippen LogP contribution < -0.4 is 10.5 Å². The van der Waals surface area contributed by atoms with Gasteiger partial charge < -0.3 is 10.5 Å². The van der Waals surface area contributed by atoms with E-state index >= 15 is 0 Å². The Balaban J connectivity index is 2.10. The molecule has 0 saturated heterocycles. The van der Waals surface area contributed by atoms with Crippen LogP contribution in [0.2, 0.25) is 5.02 Å². The second kappa shape index (κ2) is 3.14. The minimum atomic E-state index is 0.00492. The molecule has 0 spiro atoms. The average Bonchev–Trinajstić information content (AvgIpc) is 3.13. The van der Waals surface area contributed by atoms with Crippen molar-refractivity contribution in [3.05, 3.63) is 28.8 Å². The molecule has 0 aromatic heterocycles. The molecule has 0 bridgehead atoms. The van der Waals surface area contributed by atoms with Crippen molar-refractivity contribution in [3.8, 4) is 5.75 Å². The van der Waals surface area contributed by atoms with Gasteiger partial charge in [0.25, 0.3) is 0 Å². The molecule has 0 unspecified atom stereocenters. The van der Waals surface area contributed by atoms with Crippen molar-refractivity contribution in [2.45, 2.75) is 36.6 Å². The fraction of sp³-hybridized carbons (Fsp3) is 0.538. The SMILES string of the molecule is COc1c(Cl)cccc1C1(C2(N)CC2)CC1. The van der Waals surface area contributed by atoms with Crippen molar-refractivity contribution in [1.29, 1.82) is 0 Å². The first kappa shape index (κ1) is 10.4. The van der Waals surface area contributed by atoms with Crippen molar-refractivity contribution < 1.29 is 4.74 Å². The minimum Gasteiger partial charge on any atom is -0.495 e. The fourth-order valence-corrected chi connectivity index (χ4v) is 3.12. The van der Waals surface area contributed by atoms with E-state index in [0.717, 1.165) is 18.6 Å². The van der Waals surface area contributed by atoms with Gasteiger partial charge in [-0.2, -0.15) is 0 Å². The molecule has 1 aromatic carbocycles. The van der Waals surface area contributed by atoms with Crippen molar-refractivity contribution in [3.63, 3.8) is 0 Å². The number of para-hydroxylation sites is 1. The van der Waals surface area contributed by atoms with E-state index in [9.17, 15) is 0 Å². The predicted molar refractivity (Wildman–Crippen MR) is 65.1 cm³/mol. The Morgan fingerprint density at radius 2 is 1.94 bits per heavy atom. The second-order valence-corrected chi connectivity index (χ2v) is 5.47. The maximum Gasteiger partial charge on any atom is 0.141 e. The number of nitrogens with two attached hydrogens (primary N) is 1. The average molecular weight is 238 g/mol. The van der Waals surface area contributed by atoms with E-state index in [2.05, 4.69) is 6.07 Å². The van der Waals surface area contributed by atoms with E-state index in [1.165, 1.54) is 18.4 Å². The van der Waals surface area contributed by atoms with Crippen molar-refractivity contribution in [1.82, 2.24) is 0 Å². The normalized spacial score (nSPS) is 23.9. The summed E-state index contributed by atoms with van der Waals surface area (Å²) in [4.78, 5) is 0. The predicted octanol–water partition coefficient (Wildman–Crippen LogP) is 2.87. The van der Waals surface area contributed by atoms with Crippen molar-refractivity contribution >= 4 is 11.6 Å². The number of ether oxygens (including phenoxy) is 1. The standard InChI is InChI=1S/C13H16ClNO/c1-16-11-9(3-2-4-10(11)14)12(5-6-12)13(15)7-8-13/h2-4H,5-8,15H2,1H3. The lowest BCUT2D eigenvalue weighted by Gasteiger charge is -2.25. The molecule has 2 saturated carbocycles. The van der Waals surface area contributed by atoms with E-state index in [-0.39, 0.29) is 11.0 Å². The van der Waals surface area contributed by atoms with Gasteiger partial charge in [0.1, 0.15) is 5.75 Å². The fourth-order valence-electron chi connectivity index (χ4n) is 2.87. The minimum absolute atomic E-state index is 0.00492. The molecule has 16 heavy (non-hydrogen) atoms. The molecule has 0 heterocycles. The van der Waals surface area contributed by atoms with Crippen molar-refractivity contribution in [2.75, 3.05) is 7.11 Å². The molecule has 2 N–H and O–H groups in total. The number of benzene rings is 1. The highest BCUT2D eigenvalue weighted by atomic mass is 35.5. The summed E-state index contributed by atoms with van der Waals surface area (Å²) in [5.74, 6) is 0.818. The first-order chi connectivity index (χ1) is 7.63. The summed E-state index contributed by atoms with van der Waals surface area (Å²) in [6.45, 7) is 0. The molecule has 0 radical (unpaired) electrons.